The highest BCUT2D eigenvalue weighted by molar-refractivity contribution is 7.87. The first-order valence-electron chi connectivity index (χ1n) is 5.18. The topological polar surface area (TPSA) is 80.5 Å². The summed E-state index contributed by atoms with van der Waals surface area (Å²) < 4.78 is 60.3. The lowest BCUT2D eigenvalue weighted by atomic mass is 10.2. The average Bonchev–Trinajstić information content (AvgIpc) is 2.65. The summed E-state index contributed by atoms with van der Waals surface area (Å²) in [6.45, 7) is -0.479. The third-order valence-corrected chi connectivity index (χ3v) is 3.96. The lowest BCUT2D eigenvalue weighted by molar-refractivity contribution is -0.117. The number of hydrogen-bond donors (Lipinski definition) is 1. The van der Waals surface area contributed by atoms with Crippen LogP contribution in [0, 0.1) is 11.6 Å². The normalized spacial score (nSPS) is 20.1. The minimum absolute atomic E-state index is 0.171. The van der Waals surface area contributed by atoms with Gasteiger partial charge in [0, 0.05) is 25.1 Å². The smallest absolute Gasteiger partial charge is 0.307 e. The monoisotopic (exact) mass is 294 g/mol. The summed E-state index contributed by atoms with van der Waals surface area (Å²) >= 11 is 0. The molecule has 0 aromatic heterocycles. The van der Waals surface area contributed by atoms with Crippen LogP contribution < -0.4 is 10.6 Å². The van der Waals surface area contributed by atoms with Gasteiger partial charge in [-0.2, -0.15) is 8.42 Å². The van der Waals surface area contributed by atoms with Crippen molar-refractivity contribution in [1.82, 2.24) is 0 Å². The van der Waals surface area contributed by atoms with Crippen molar-refractivity contribution in [3.05, 3.63) is 23.8 Å². The molecule has 5 nitrogen and oxygen atoms in total. The van der Waals surface area contributed by atoms with E-state index in [0.29, 0.717) is 12.1 Å². The number of halogens is 3. The predicted molar refractivity (Wildman–Crippen MR) is 61.6 cm³/mol. The Kier molecular flexibility index (Phi) is 3.17. The predicted octanol–water partition coefficient (Wildman–Crippen LogP) is 0.952. The van der Waals surface area contributed by atoms with Gasteiger partial charge in [0.2, 0.25) is 5.91 Å². The van der Waals surface area contributed by atoms with Crippen molar-refractivity contribution in [1.29, 1.82) is 0 Å². The molecule has 1 aliphatic rings. The third kappa shape index (κ3) is 2.50. The standard InChI is InChI=1S/C10H9F3N2O3S/c11-6-2-8(14)9(3-7(6)12)15-4-5(1-10(15)16)19(13,17)18/h2-3,5H,1,4,14H2. The molecule has 1 aromatic carbocycles. The maximum Gasteiger partial charge on any atom is 0.307 e. The first-order valence-corrected chi connectivity index (χ1v) is 6.63. The maximum absolute atomic E-state index is 13.1. The van der Waals surface area contributed by atoms with E-state index < -0.39 is 46.0 Å². The van der Waals surface area contributed by atoms with E-state index in [2.05, 4.69) is 0 Å². The number of benzene rings is 1. The van der Waals surface area contributed by atoms with E-state index in [4.69, 9.17) is 5.73 Å². The van der Waals surface area contributed by atoms with Crippen molar-refractivity contribution in [2.45, 2.75) is 11.7 Å². The van der Waals surface area contributed by atoms with Gasteiger partial charge >= 0.3 is 10.2 Å². The zero-order valence-corrected chi connectivity index (χ0v) is 10.3. The molecule has 1 amide bonds. The largest absolute Gasteiger partial charge is 0.397 e. The fourth-order valence-corrected chi connectivity index (χ4v) is 2.55. The summed E-state index contributed by atoms with van der Waals surface area (Å²) in [4.78, 5) is 12.4. The van der Waals surface area contributed by atoms with E-state index in [1.54, 1.807) is 0 Å². The number of carbonyl (C=O) groups is 1. The lowest BCUT2D eigenvalue weighted by Crippen LogP contribution is -2.27. The van der Waals surface area contributed by atoms with Crippen molar-refractivity contribution in [2.75, 3.05) is 17.2 Å². The first-order chi connectivity index (χ1) is 8.70. The number of carbonyl (C=O) groups excluding carboxylic acids is 1. The molecule has 0 aliphatic carbocycles. The van der Waals surface area contributed by atoms with E-state index in [1.165, 1.54) is 0 Å². The van der Waals surface area contributed by atoms with Gasteiger partial charge in [-0.1, -0.05) is 0 Å². The molecule has 0 radical (unpaired) electrons. The molecule has 9 heteroatoms. The molecular weight excluding hydrogens is 285 g/mol. The molecule has 1 saturated heterocycles. The van der Waals surface area contributed by atoms with Crippen LogP contribution in [0.4, 0.5) is 24.0 Å². The van der Waals surface area contributed by atoms with Crippen LogP contribution in [0.1, 0.15) is 6.42 Å². The van der Waals surface area contributed by atoms with Crippen molar-refractivity contribution in [2.24, 2.45) is 0 Å². The fraction of sp³-hybridized carbons (Fsp3) is 0.300. The van der Waals surface area contributed by atoms with Crippen LogP contribution in [0.3, 0.4) is 0 Å². The van der Waals surface area contributed by atoms with Crippen molar-refractivity contribution in [3.8, 4) is 0 Å². The summed E-state index contributed by atoms with van der Waals surface area (Å²) in [5.74, 6) is -3.14. The Balaban J connectivity index is 2.39. The summed E-state index contributed by atoms with van der Waals surface area (Å²) in [6.07, 6.45) is -0.558. The van der Waals surface area contributed by atoms with E-state index in [9.17, 15) is 25.9 Å². The first kappa shape index (κ1) is 13.7. The van der Waals surface area contributed by atoms with Gasteiger partial charge in [-0.05, 0) is 0 Å². The number of amides is 1. The molecular formula is C10H9F3N2O3S. The number of nitrogens with zero attached hydrogens (tertiary/aromatic N) is 1. The van der Waals surface area contributed by atoms with Crippen molar-refractivity contribution < 1.29 is 25.9 Å². The highest BCUT2D eigenvalue weighted by atomic mass is 32.3. The van der Waals surface area contributed by atoms with Crippen LogP contribution >= 0.6 is 0 Å². The molecule has 0 spiro atoms. The molecule has 1 heterocycles. The van der Waals surface area contributed by atoms with Gasteiger partial charge in [0.1, 0.15) is 5.25 Å². The lowest BCUT2D eigenvalue weighted by Gasteiger charge is -2.18. The Morgan fingerprint density at radius 3 is 2.37 bits per heavy atom. The molecule has 2 N–H and O–H groups in total. The number of anilines is 2. The summed E-state index contributed by atoms with van der Waals surface area (Å²) in [5, 5.41) is -1.52. The second kappa shape index (κ2) is 4.41. The van der Waals surface area contributed by atoms with E-state index >= 15 is 0 Å². The maximum atomic E-state index is 13.1. The summed E-state index contributed by atoms with van der Waals surface area (Å²) in [5.41, 5.74) is 5.04. The molecule has 1 fully saturated rings. The van der Waals surface area contributed by atoms with Gasteiger partial charge in [-0.15, -0.1) is 3.89 Å². The zero-order valence-electron chi connectivity index (χ0n) is 9.44. The molecule has 1 aromatic rings. The van der Waals surface area contributed by atoms with Gasteiger partial charge in [0.25, 0.3) is 0 Å². The molecule has 0 bridgehead atoms. The van der Waals surface area contributed by atoms with Gasteiger partial charge in [-0.25, -0.2) is 8.78 Å². The van der Waals surface area contributed by atoms with Crippen LogP contribution in [0.2, 0.25) is 0 Å². The van der Waals surface area contributed by atoms with Gasteiger partial charge in [0.15, 0.2) is 11.6 Å². The van der Waals surface area contributed by atoms with Gasteiger partial charge in [-0.3, -0.25) is 4.79 Å². The van der Waals surface area contributed by atoms with Crippen LogP contribution in [-0.2, 0) is 15.0 Å². The Labute approximate surface area is 107 Å². The number of rotatable bonds is 2. The molecule has 2 rings (SSSR count). The molecule has 19 heavy (non-hydrogen) atoms. The van der Waals surface area contributed by atoms with E-state index in [0.717, 1.165) is 4.90 Å². The SMILES string of the molecule is Nc1cc(F)c(F)cc1N1CC(S(=O)(=O)F)CC1=O. The fourth-order valence-electron chi connectivity index (χ4n) is 1.88. The highest BCUT2D eigenvalue weighted by Crippen LogP contribution is 2.31. The van der Waals surface area contributed by atoms with Crippen LogP contribution in [0.25, 0.3) is 0 Å². The number of nitrogens with two attached hydrogens (primary N) is 1. The van der Waals surface area contributed by atoms with E-state index in [1.807, 2.05) is 0 Å². The van der Waals surface area contributed by atoms with Gasteiger partial charge < -0.3 is 10.6 Å². The number of nitrogen functional groups attached to an aromatic ring is 1. The summed E-state index contributed by atoms with van der Waals surface area (Å²) in [6, 6.07) is 1.35. The van der Waals surface area contributed by atoms with Crippen molar-refractivity contribution in [3.63, 3.8) is 0 Å². The highest BCUT2D eigenvalue weighted by Gasteiger charge is 2.39. The van der Waals surface area contributed by atoms with E-state index in [-0.39, 0.29) is 11.4 Å². The third-order valence-electron chi connectivity index (χ3n) is 2.85. The van der Waals surface area contributed by atoms with Crippen molar-refractivity contribution >= 4 is 27.5 Å². The van der Waals surface area contributed by atoms with Crippen LogP contribution in [-0.4, -0.2) is 26.1 Å². The molecule has 104 valence electrons. The zero-order chi connectivity index (χ0) is 14.4. The Morgan fingerprint density at radius 1 is 1.26 bits per heavy atom. The van der Waals surface area contributed by atoms with Gasteiger partial charge in [0.05, 0.1) is 11.4 Å². The minimum atomic E-state index is -4.88. The minimum Gasteiger partial charge on any atom is -0.397 e. The second-order valence-corrected chi connectivity index (χ2v) is 5.75. The average molecular weight is 294 g/mol. The van der Waals surface area contributed by atoms with Crippen LogP contribution in [0.15, 0.2) is 12.1 Å². The Hall–Kier alpha value is -1.77. The quantitative estimate of drug-likeness (QED) is 0.650. The Morgan fingerprint density at radius 2 is 1.84 bits per heavy atom. The van der Waals surface area contributed by atoms with Crippen LogP contribution in [0.5, 0.6) is 0 Å². The second-order valence-electron chi connectivity index (χ2n) is 4.13. The molecule has 1 unspecified atom stereocenters. The molecule has 0 saturated carbocycles. The summed E-state index contributed by atoms with van der Waals surface area (Å²) in [7, 11) is -4.88. The number of hydrogen-bond acceptors (Lipinski definition) is 4. The Bertz CT molecular complexity index is 648. The molecule has 1 atom stereocenters. The molecule has 1 aliphatic heterocycles.